The second-order valence-corrected chi connectivity index (χ2v) is 11.3. The second-order valence-electron chi connectivity index (χ2n) is 11.3. The Hall–Kier alpha value is -5.09. The number of hydrogen-bond donors (Lipinski definition) is 0. The van der Waals surface area contributed by atoms with Gasteiger partial charge in [0.05, 0.1) is 16.6 Å². The Bertz CT molecular complexity index is 2360. The zero-order chi connectivity index (χ0) is 26.6. The molecule has 3 aromatic heterocycles. The lowest BCUT2D eigenvalue weighted by atomic mass is 9.80. The molecule has 9 rings (SSSR count). The average Bonchev–Trinajstić information content (AvgIpc) is 3.47. The summed E-state index contributed by atoms with van der Waals surface area (Å²) < 4.78 is 2.29. The predicted molar refractivity (Wildman–Crippen MR) is 164 cm³/mol. The first-order chi connectivity index (χ1) is 19.6. The number of para-hydroxylation sites is 1. The van der Waals surface area contributed by atoms with E-state index in [1.807, 2.05) is 18.6 Å². The molecule has 40 heavy (non-hydrogen) atoms. The van der Waals surface area contributed by atoms with Gasteiger partial charge >= 0.3 is 0 Å². The maximum Gasteiger partial charge on any atom is 0.235 e. The zero-order valence-electron chi connectivity index (χ0n) is 22.2. The maximum absolute atomic E-state index is 5.28. The molecule has 0 N–H and O–H groups in total. The largest absolute Gasteiger partial charge is 0.277 e. The molecule has 3 heterocycles. The molecule has 5 aromatic carbocycles. The summed E-state index contributed by atoms with van der Waals surface area (Å²) in [6, 6.07) is 32.4. The van der Waals surface area contributed by atoms with Crippen molar-refractivity contribution in [3.05, 3.63) is 121 Å². The number of benzene rings is 5. The molecule has 0 spiro atoms. The normalized spacial score (nSPS) is 13.9. The summed E-state index contributed by atoms with van der Waals surface area (Å²) in [5.74, 6) is 0.688. The fourth-order valence-electron chi connectivity index (χ4n) is 7.18. The highest BCUT2D eigenvalue weighted by Crippen LogP contribution is 2.55. The van der Waals surface area contributed by atoms with Crippen LogP contribution in [0, 0.1) is 0 Å². The number of pyridine rings is 1. The molecule has 8 aromatic rings. The number of hydrogen-bond acceptors (Lipinski definition) is 3. The van der Waals surface area contributed by atoms with E-state index in [2.05, 4.69) is 114 Å². The molecule has 0 fully saturated rings. The van der Waals surface area contributed by atoms with Crippen molar-refractivity contribution in [3.63, 3.8) is 0 Å². The van der Waals surface area contributed by atoms with E-state index >= 15 is 0 Å². The summed E-state index contributed by atoms with van der Waals surface area (Å²) in [4.78, 5) is 14.9. The molecular formula is C36H24N4. The molecule has 4 nitrogen and oxygen atoms in total. The van der Waals surface area contributed by atoms with Gasteiger partial charge in [-0.2, -0.15) is 0 Å². The Morgan fingerprint density at radius 2 is 1.45 bits per heavy atom. The zero-order valence-corrected chi connectivity index (χ0v) is 22.2. The third-order valence-corrected chi connectivity index (χ3v) is 8.88. The number of fused-ring (bicyclic) bond motifs is 13. The molecule has 4 heteroatoms. The van der Waals surface area contributed by atoms with Crippen molar-refractivity contribution in [2.75, 3.05) is 0 Å². The first-order valence-electron chi connectivity index (χ1n) is 13.7. The van der Waals surface area contributed by atoms with Crippen LogP contribution in [0.2, 0.25) is 0 Å². The summed E-state index contributed by atoms with van der Waals surface area (Å²) in [5.41, 5.74) is 8.24. The van der Waals surface area contributed by atoms with Crippen molar-refractivity contribution in [2.45, 2.75) is 19.3 Å². The fraction of sp³-hybridized carbons (Fsp3) is 0.0833. The summed E-state index contributed by atoms with van der Waals surface area (Å²) in [6.45, 7) is 4.67. The predicted octanol–water partition coefficient (Wildman–Crippen LogP) is 8.73. The minimum absolute atomic E-state index is 0.177. The van der Waals surface area contributed by atoms with Crippen molar-refractivity contribution in [2.24, 2.45) is 0 Å². The molecule has 0 bridgehead atoms. The van der Waals surface area contributed by atoms with Crippen LogP contribution in [0.15, 0.2) is 110 Å². The van der Waals surface area contributed by atoms with Gasteiger partial charge in [-0.3, -0.25) is 9.55 Å². The van der Waals surface area contributed by atoms with E-state index in [0.29, 0.717) is 5.95 Å². The lowest BCUT2D eigenvalue weighted by Gasteiger charge is -2.23. The van der Waals surface area contributed by atoms with Gasteiger partial charge in [-0.05, 0) is 39.6 Å². The minimum atomic E-state index is -0.177. The van der Waals surface area contributed by atoms with E-state index in [4.69, 9.17) is 9.97 Å². The Morgan fingerprint density at radius 1 is 0.675 bits per heavy atom. The van der Waals surface area contributed by atoms with Gasteiger partial charge in [0, 0.05) is 56.5 Å². The topological polar surface area (TPSA) is 43.6 Å². The van der Waals surface area contributed by atoms with Gasteiger partial charge < -0.3 is 0 Å². The average molecular weight is 513 g/mol. The van der Waals surface area contributed by atoms with Crippen LogP contribution in [0.4, 0.5) is 0 Å². The van der Waals surface area contributed by atoms with Crippen molar-refractivity contribution >= 4 is 54.3 Å². The third-order valence-electron chi connectivity index (χ3n) is 8.88. The molecule has 0 atom stereocenters. The minimum Gasteiger partial charge on any atom is -0.277 e. The Morgan fingerprint density at radius 3 is 2.38 bits per heavy atom. The third kappa shape index (κ3) is 2.63. The fourth-order valence-corrected chi connectivity index (χ4v) is 7.18. The van der Waals surface area contributed by atoms with Gasteiger partial charge in [-0.1, -0.05) is 92.7 Å². The lowest BCUT2D eigenvalue weighted by Crippen LogP contribution is -2.15. The van der Waals surface area contributed by atoms with Crippen molar-refractivity contribution in [1.82, 2.24) is 19.5 Å². The van der Waals surface area contributed by atoms with E-state index in [9.17, 15) is 0 Å². The van der Waals surface area contributed by atoms with Crippen LogP contribution in [0.5, 0.6) is 0 Å². The quantitative estimate of drug-likeness (QED) is 0.207. The van der Waals surface area contributed by atoms with Crippen molar-refractivity contribution in [3.8, 4) is 17.1 Å². The van der Waals surface area contributed by atoms with E-state index in [0.717, 1.165) is 27.3 Å². The van der Waals surface area contributed by atoms with Crippen molar-refractivity contribution in [1.29, 1.82) is 0 Å². The highest BCUT2D eigenvalue weighted by Gasteiger charge is 2.40. The van der Waals surface area contributed by atoms with Gasteiger partial charge in [0.25, 0.3) is 0 Å². The van der Waals surface area contributed by atoms with Gasteiger partial charge in [-0.15, -0.1) is 0 Å². The van der Waals surface area contributed by atoms with Crippen LogP contribution >= 0.6 is 0 Å². The number of aromatic nitrogens is 4. The summed E-state index contributed by atoms with van der Waals surface area (Å²) in [7, 11) is 0. The second kappa shape index (κ2) is 7.51. The molecule has 0 radical (unpaired) electrons. The van der Waals surface area contributed by atoms with Gasteiger partial charge in [-0.25, -0.2) is 9.97 Å². The van der Waals surface area contributed by atoms with Gasteiger partial charge in [0.15, 0.2) is 0 Å². The molecule has 0 aliphatic heterocycles. The summed E-state index contributed by atoms with van der Waals surface area (Å²) in [5, 5.41) is 8.19. The van der Waals surface area contributed by atoms with Crippen LogP contribution in [-0.2, 0) is 5.41 Å². The Labute approximate surface area is 230 Å². The number of rotatable bonds is 1. The molecule has 0 saturated carbocycles. The molecule has 0 saturated heterocycles. The highest BCUT2D eigenvalue weighted by atomic mass is 15.2. The van der Waals surface area contributed by atoms with Gasteiger partial charge in [0.1, 0.15) is 0 Å². The van der Waals surface area contributed by atoms with Crippen LogP contribution in [0.25, 0.3) is 71.3 Å². The summed E-state index contributed by atoms with van der Waals surface area (Å²) >= 11 is 0. The molecule has 1 aliphatic rings. The van der Waals surface area contributed by atoms with Gasteiger partial charge in [0.2, 0.25) is 5.95 Å². The summed E-state index contributed by atoms with van der Waals surface area (Å²) in [6.07, 6.45) is 5.92. The van der Waals surface area contributed by atoms with Crippen LogP contribution in [0.3, 0.4) is 0 Å². The van der Waals surface area contributed by atoms with E-state index in [-0.39, 0.29) is 5.41 Å². The van der Waals surface area contributed by atoms with Crippen LogP contribution in [0.1, 0.15) is 25.0 Å². The Balaban J connectivity index is 1.54. The number of nitrogens with zero attached hydrogens (tertiary/aromatic N) is 4. The van der Waals surface area contributed by atoms with Crippen LogP contribution < -0.4 is 0 Å². The SMILES string of the molecule is CC1(C)c2ccccc2-c2c1c1cnccc1c1c3ccccc3n(-c3ncc4ccc5ccccc5c4n3)c21. The standard InChI is InChI=1S/C36H24N4/c1-36(2)28-13-7-5-11-25(28)31-32(36)27-20-37-18-17-24(27)30-26-12-6-8-14-29(26)40(34(30)31)35-38-19-22-16-15-21-9-3-4-10-23(21)33(22)39-35/h3-20H,1-2H3. The maximum atomic E-state index is 5.28. The molecule has 188 valence electrons. The Kier molecular flexibility index (Phi) is 4.10. The molecule has 0 unspecified atom stereocenters. The molecular weight excluding hydrogens is 488 g/mol. The van der Waals surface area contributed by atoms with Crippen molar-refractivity contribution < 1.29 is 0 Å². The molecule has 1 aliphatic carbocycles. The first kappa shape index (κ1) is 21.8. The van der Waals surface area contributed by atoms with E-state index < -0.39 is 0 Å². The highest BCUT2D eigenvalue weighted by molar-refractivity contribution is 6.27. The van der Waals surface area contributed by atoms with E-state index in [1.54, 1.807) is 0 Å². The smallest absolute Gasteiger partial charge is 0.235 e. The van der Waals surface area contributed by atoms with Crippen LogP contribution in [-0.4, -0.2) is 19.5 Å². The monoisotopic (exact) mass is 512 g/mol. The van der Waals surface area contributed by atoms with E-state index in [1.165, 1.54) is 49.2 Å². The molecule has 0 amide bonds. The lowest BCUT2D eigenvalue weighted by molar-refractivity contribution is 0.666. The first-order valence-corrected chi connectivity index (χ1v) is 13.7.